The van der Waals surface area contributed by atoms with E-state index in [0.717, 1.165) is 6.33 Å². The van der Waals surface area contributed by atoms with Crippen molar-refractivity contribution in [3.8, 4) is 11.5 Å². The molecule has 0 bridgehead atoms. The van der Waals surface area contributed by atoms with Crippen LogP contribution in [0.25, 0.3) is 0 Å². The third-order valence-electron chi connectivity index (χ3n) is 3.99. The van der Waals surface area contributed by atoms with E-state index in [9.17, 15) is 20.2 Å². The van der Waals surface area contributed by atoms with Gasteiger partial charge in [0, 0.05) is 23.9 Å². The van der Waals surface area contributed by atoms with Crippen molar-refractivity contribution in [3.05, 3.63) is 69.0 Å². The molecule has 154 valence electrons. The topological polar surface area (TPSA) is 155 Å². The second-order valence-electron chi connectivity index (χ2n) is 5.80. The first kappa shape index (κ1) is 20.3. The highest BCUT2D eigenvalue weighted by molar-refractivity contribution is 5.78. The molecule has 0 saturated carbocycles. The fourth-order valence-corrected chi connectivity index (χ4v) is 2.60. The Hall–Kier alpha value is -4.48. The lowest BCUT2D eigenvalue weighted by Crippen LogP contribution is -2.06. The number of rotatable bonds is 8. The highest BCUT2D eigenvalue weighted by atomic mass is 16.6. The number of hydrogen-bond donors (Lipinski definition) is 2. The molecule has 0 amide bonds. The van der Waals surface area contributed by atoms with Crippen LogP contribution in [0.5, 0.6) is 11.5 Å². The van der Waals surface area contributed by atoms with Gasteiger partial charge in [0.1, 0.15) is 17.8 Å². The van der Waals surface area contributed by atoms with Crippen LogP contribution in [-0.4, -0.2) is 34.0 Å². The summed E-state index contributed by atoms with van der Waals surface area (Å²) >= 11 is 0. The Balaban J connectivity index is 1.99. The Kier molecular flexibility index (Phi) is 5.86. The maximum atomic E-state index is 11.7. The van der Waals surface area contributed by atoms with Gasteiger partial charge in [-0.15, -0.1) is 0 Å². The molecule has 3 rings (SSSR count). The quantitative estimate of drug-likeness (QED) is 0.412. The second kappa shape index (κ2) is 8.68. The number of nitro groups is 2. The summed E-state index contributed by atoms with van der Waals surface area (Å²) in [6, 6.07) is 10.4. The smallest absolute Gasteiger partial charge is 0.353 e. The summed E-state index contributed by atoms with van der Waals surface area (Å²) in [6.07, 6.45) is 1.13. The molecule has 0 atom stereocenters. The van der Waals surface area contributed by atoms with Gasteiger partial charge in [-0.05, 0) is 18.2 Å². The van der Waals surface area contributed by atoms with Crippen LogP contribution in [-0.2, 0) is 0 Å². The molecule has 12 nitrogen and oxygen atoms in total. The van der Waals surface area contributed by atoms with Crippen molar-refractivity contribution in [2.45, 2.75) is 0 Å². The van der Waals surface area contributed by atoms with Gasteiger partial charge in [0.25, 0.3) is 5.69 Å². The third-order valence-corrected chi connectivity index (χ3v) is 3.99. The van der Waals surface area contributed by atoms with Crippen LogP contribution >= 0.6 is 0 Å². The van der Waals surface area contributed by atoms with Crippen molar-refractivity contribution >= 4 is 34.4 Å². The van der Waals surface area contributed by atoms with Crippen molar-refractivity contribution in [2.75, 3.05) is 24.9 Å². The first-order valence-electron chi connectivity index (χ1n) is 8.43. The van der Waals surface area contributed by atoms with Gasteiger partial charge >= 0.3 is 5.69 Å². The zero-order valence-corrected chi connectivity index (χ0v) is 15.9. The molecule has 0 aliphatic carbocycles. The Morgan fingerprint density at radius 3 is 2.27 bits per heavy atom. The van der Waals surface area contributed by atoms with Crippen molar-refractivity contribution in [1.82, 2.24) is 9.97 Å². The summed E-state index contributed by atoms with van der Waals surface area (Å²) < 4.78 is 10.4. The molecule has 0 radical (unpaired) electrons. The lowest BCUT2D eigenvalue weighted by molar-refractivity contribution is -0.384. The van der Waals surface area contributed by atoms with E-state index >= 15 is 0 Å². The molecule has 0 aliphatic heterocycles. The van der Waals surface area contributed by atoms with E-state index in [1.54, 1.807) is 18.2 Å². The average Bonchev–Trinajstić information content (AvgIpc) is 2.74. The van der Waals surface area contributed by atoms with Gasteiger partial charge < -0.3 is 20.1 Å². The third kappa shape index (κ3) is 4.32. The molecule has 0 spiro atoms. The molecule has 2 aromatic carbocycles. The molecule has 0 fully saturated rings. The van der Waals surface area contributed by atoms with Gasteiger partial charge in [0.2, 0.25) is 11.6 Å². The first-order chi connectivity index (χ1) is 14.4. The molecule has 3 aromatic rings. The van der Waals surface area contributed by atoms with E-state index in [4.69, 9.17) is 9.47 Å². The molecular formula is C18H16N6O6. The van der Waals surface area contributed by atoms with E-state index in [1.807, 2.05) is 0 Å². The SMILES string of the molecule is COc1ccc(Nc2ncnc(Nc3cccc([N+](=O)[O-])c3)c2[N+](=O)[O-])c(OC)c1. The normalized spacial score (nSPS) is 10.2. The fraction of sp³-hybridized carbons (Fsp3) is 0.111. The lowest BCUT2D eigenvalue weighted by Gasteiger charge is -2.13. The van der Waals surface area contributed by atoms with E-state index in [2.05, 4.69) is 20.6 Å². The van der Waals surface area contributed by atoms with Crippen LogP contribution in [0.3, 0.4) is 0 Å². The first-order valence-corrected chi connectivity index (χ1v) is 8.43. The molecule has 0 saturated heterocycles. The Labute approximate surface area is 169 Å². The van der Waals surface area contributed by atoms with E-state index < -0.39 is 15.5 Å². The molecule has 1 heterocycles. The number of aromatic nitrogens is 2. The number of anilines is 4. The van der Waals surface area contributed by atoms with E-state index in [0.29, 0.717) is 17.2 Å². The predicted molar refractivity (Wildman–Crippen MR) is 108 cm³/mol. The number of nitrogens with one attached hydrogen (secondary N) is 2. The summed E-state index contributed by atoms with van der Waals surface area (Å²) in [7, 11) is 2.95. The summed E-state index contributed by atoms with van der Waals surface area (Å²) in [5.41, 5.74) is 0.0697. The van der Waals surface area contributed by atoms with Gasteiger partial charge in [-0.3, -0.25) is 20.2 Å². The Morgan fingerprint density at radius 2 is 1.63 bits per heavy atom. The Morgan fingerprint density at radius 1 is 0.900 bits per heavy atom. The summed E-state index contributed by atoms with van der Waals surface area (Å²) in [4.78, 5) is 29.4. The van der Waals surface area contributed by atoms with Crippen molar-refractivity contribution < 1.29 is 19.3 Å². The van der Waals surface area contributed by atoms with E-state index in [-0.39, 0.29) is 23.0 Å². The average molecular weight is 412 g/mol. The van der Waals surface area contributed by atoms with Gasteiger partial charge in [-0.25, -0.2) is 9.97 Å². The van der Waals surface area contributed by atoms with Gasteiger partial charge in [0.05, 0.1) is 29.8 Å². The standard InChI is InChI=1S/C18H16N6O6/c1-29-13-6-7-14(15(9-13)30-2)22-18-16(24(27)28)17(19-10-20-18)21-11-4-3-5-12(8-11)23(25)26/h3-10H,1-2H3,(H2,19,20,21,22). The number of ether oxygens (including phenoxy) is 2. The molecule has 0 aliphatic rings. The van der Waals surface area contributed by atoms with Crippen LogP contribution in [0.15, 0.2) is 48.8 Å². The zero-order chi connectivity index (χ0) is 21.7. The van der Waals surface area contributed by atoms with Crippen LogP contribution in [0.1, 0.15) is 0 Å². The molecule has 0 unspecified atom stereocenters. The van der Waals surface area contributed by atoms with Crippen molar-refractivity contribution in [3.63, 3.8) is 0 Å². The molecule has 30 heavy (non-hydrogen) atoms. The number of hydrogen-bond acceptors (Lipinski definition) is 10. The highest BCUT2D eigenvalue weighted by Gasteiger charge is 2.24. The maximum absolute atomic E-state index is 11.7. The van der Waals surface area contributed by atoms with Crippen LogP contribution in [0.4, 0.5) is 34.4 Å². The van der Waals surface area contributed by atoms with Crippen LogP contribution in [0.2, 0.25) is 0 Å². The Bertz CT molecular complexity index is 1110. The van der Waals surface area contributed by atoms with Crippen molar-refractivity contribution in [2.24, 2.45) is 0 Å². The largest absolute Gasteiger partial charge is 0.497 e. The number of methoxy groups -OCH3 is 2. The number of nitro benzene ring substituents is 1. The molecule has 12 heteroatoms. The summed E-state index contributed by atoms with van der Waals surface area (Å²) in [5.74, 6) is 0.704. The second-order valence-corrected chi connectivity index (χ2v) is 5.80. The summed E-state index contributed by atoms with van der Waals surface area (Å²) in [6.45, 7) is 0. The molecular weight excluding hydrogens is 396 g/mol. The van der Waals surface area contributed by atoms with E-state index in [1.165, 1.54) is 38.5 Å². The van der Waals surface area contributed by atoms with Crippen LogP contribution in [0, 0.1) is 20.2 Å². The predicted octanol–water partition coefficient (Wildman–Crippen LogP) is 3.80. The monoisotopic (exact) mass is 412 g/mol. The highest BCUT2D eigenvalue weighted by Crippen LogP contribution is 2.37. The minimum Gasteiger partial charge on any atom is -0.497 e. The number of benzene rings is 2. The maximum Gasteiger partial charge on any atom is 0.353 e. The lowest BCUT2D eigenvalue weighted by atomic mass is 10.2. The van der Waals surface area contributed by atoms with Crippen LogP contribution < -0.4 is 20.1 Å². The summed E-state index contributed by atoms with van der Waals surface area (Å²) in [5, 5.41) is 28.3. The zero-order valence-electron chi connectivity index (χ0n) is 15.9. The minimum atomic E-state index is -0.655. The molecule has 2 N–H and O–H groups in total. The number of non-ortho nitro benzene ring substituents is 1. The fourth-order valence-electron chi connectivity index (χ4n) is 2.60. The molecule has 1 aromatic heterocycles. The number of nitrogens with zero attached hydrogens (tertiary/aromatic N) is 4. The van der Waals surface area contributed by atoms with Crippen molar-refractivity contribution in [1.29, 1.82) is 0 Å². The van der Waals surface area contributed by atoms with Gasteiger partial charge in [0.15, 0.2) is 0 Å². The van der Waals surface area contributed by atoms with Gasteiger partial charge in [-0.2, -0.15) is 0 Å². The van der Waals surface area contributed by atoms with Gasteiger partial charge in [-0.1, -0.05) is 6.07 Å². The minimum absolute atomic E-state index is 0.0913.